The van der Waals surface area contributed by atoms with Crippen LogP contribution >= 0.6 is 0 Å². The third-order valence-corrected chi connectivity index (χ3v) is 14.8. The number of anilines is 3. The molecule has 3 nitrogen and oxygen atoms in total. The van der Waals surface area contributed by atoms with Crippen LogP contribution in [0.25, 0.3) is 60.5 Å². The van der Waals surface area contributed by atoms with Crippen LogP contribution in [-0.2, 0) is 10.8 Å². The number of ether oxygens (including phenoxy) is 1. The van der Waals surface area contributed by atoms with E-state index in [9.17, 15) is 0 Å². The number of hydrogen-bond donors (Lipinski definition) is 0. The molecule has 3 aliphatic rings. The molecule has 2 heterocycles. The first kappa shape index (κ1) is 36.4. The van der Waals surface area contributed by atoms with Gasteiger partial charge in [0.1, 0.15) is 11.5 Å². The molecule has 0 bridgehead atoms. The minimum absolute atomic E-state index is 0.166. The Morgan fingerprint density at radius 2 is 0.938 bits per heavy atom. The van der Waals surface area contributed by atoms with Gasteiger partial charge in [-0.25, -0.2) is 0 Å². The van der Waals surface area contributed by atoms with E-state index in [1.807, 2.05) is 0 Å². The molecule has 1 aliphatic heterocycles. The molecule has 1 aromatic heterocycles. The van der Waals surface area contributed by atoms with Crippen LogP contribution < -0.4 is 9.64 Å². The highest BCUT2D eigenvalue weighted by atomic mass is 16.5. The first-order chi connectivity index (χ1) is 32.0. The molecule has 3 heteroatoms. The van der Waals surface area contributed by atoms with Crippen LogP contribution in [-0.4, -0.2) is 4.57 Å². The van der Waals surface area contributed by atoms with E-state index in [1.165, 1.54) is 77.1 Å². The van der Waals surface area contributed by atoms with Crippen LogP contribution in [0, 0.1) is 0 Å². The molecular weight excluding hydrogens is 789 g/mol. The number of benzene rings is 10. The standard InChI is InChI=1S/C62H42N2O/c1-61(2)49-23-9-6-19-42(49)44-33-31-41(38-54(44)61)63(40-32-35-57-48(37-40)45-21-8-13-28-55(45)64(57)39-17-4-3-5-18-39)56-36-34-46-43-20-7-10-24-50(43)62(53-27-16-22-47(56)60(46)53)51-25-11-14-29-58(51)65-59-30-15-12-26-52(59)62/h3-38H,1-2H3. The fourth-order valence-corrected chi connectivity index (χ4v) is 12.1. The van der Waals surface area contributed by atoms with Gasteiger partial charge in [-0.3, -0.25) is 0 Å². The quantitative estimate of drug-likeness (QED) is 0.176. The van der Waals surface area contributed by atoms with E-state index in [0.717, 1.165) is 45.4 Å². The normalized spacial score (nSPS) is 14.4. The van der Waals surface area contributed by atoms with Gasteiger partial charge in [0.05, 0.1) is 22.1 Å². The molecule has 2 aliphatic carbocycles. The Morgan fingerprint density at radius 1 is 0.385 bits per heavy atom. The van der Waals surface area contributed by atoms with Gasteiger partial charge in [-0.1, -0.05) is 166 Å². The zero-order valence-corrected chi connectivity index (χ0v) is 36.1. The Balaban J connectivity index is 1.08. The van der Waals surface area contributed by atoms with Gasteiger partial charge in [0.25, 0.3) is 0 Å². The summed E-state index contributed by atoms with van der Waals surface area (Å²) < 4.78 is 9.14. The molecule has 10 aromatic carbocycles. The predicted octanol–water partition coefficient (Wildman–Crippen LogP) is 16.2. The zero-order chi connectivity index (χ0) is 43.0. The van der Waals surface area contributed by atoms with Crippen molar-refractivity contribution in [3.8, 4) is 39.4 Å². The van der Waals surface area contributed by atoms with E-state index in [4.69, 9.17) is 4.74 Å². The molecule has 306 valence electrons. The summed E-state index contributed by atoms with van der Waals surface area (Å²) in [5.74, 6) is 1.79. The summed E-state index contributed by atoms with van der Waals surface area (Å²) in [5, 5.41) is 4.90. The summed E-state index contributed by atoms with van der Waals surface area (Å²) >= 11 is 0. The van der Waals surface area contributed by atoms with Crippen molar-refractivity contribution in [1.29, 1.82) is 0 Å². The van der Waals surface area contributed by atoms with Crippen molar-refractivity contribution in [1.82, 2.24) is 4.57 Å². The van der Waals surface area contributed by atoms with Gasteiger partial charge in [-0.15, -0.1) is 0 Å². The number of rotatable bonds is 4. The van der Waals surface area contributed by atoms with Gasteiger partial charge < -0.3 is 14.2 Å². The molecule has 14 rings (SSSR count). The highest BCUT2D eigenvalue weighted by Gasteiger charge is 2.49. The Labute approximate surface area is 378 Å². The maximum atomic E-state index is 6.74. The lowest BCUT2D eigenvalue weighted by Crippen LogP contribution is -2.36. The Hall–Kier alpha value is -8.14. The molecule has 0 unspecified atom stereocenters. The van der Waals surface area contributed by atoms with E-state index in [2.05, 4.69) is 242 Å². The van der Waals surface area contributed by atoms with Gasteiger partial charge in [0.2, 0.25) is 0 Å². The average molecular weight is 831 g/mol. The molecule has 0 radical (unpaired) electrons. The highest BCUT2D eigenvalue weighted by molar-refractivity contribution is 6.14. The number of aromatic nitrogens is 1. The molecule has 65 heavy (non-hydrogen) atoms. The van der Waals surface area contributed by atoms with E-state index < -0.39 is 5.41 Å². The molecule has 1 spiro atoms. The summed E-state index contributed by atoms with van der Waals surface area (Å²) in [6.45, 7) is 4.75. The number of fused-ring (bicyclic) bond motifs is 14. The van der Waals surface area contributed by atoms with Gasteiger partial charge in [-0.2, -0.15) is 0 Å². The van der Waals surface area contributed by atoms with Crippen molar-refractivity contribution >= 4 is 49.6 Å². The van der Waals surface area contributed by atoms with E-state index in [1.54, 1.807) is 0 Å². The summed E-state index contributed by atoms with van der Waals surface area (Å²) in [6, 6.07) is 80.8. The lowest BCUT2D eigenvalue weighted by atomic mass is 9.58. The van der Waals surface area contributed by atoms with Crippen molar-refractivity contribution in [2.75, 3.05) is 4.90 Å². The van der Waals surface area contributed by atoms with Crippen molar-refractivity contribution in [3.05, 3.63) is 252 Å². The summed E-state index contributed by atoms with van der Waals surface area (Å²) in [7, 11) is 0. The van der Waals surface area contributed by atoms with E-state index >= 15 is 0 Å². The number of hydrogen-bond acceptors (Lipinski definition) is 2. The zero-order valence-electron chi connectivity index (χ0n) is 36.1. The first-order valence-electron chi connectivity index (χ1n) is 22.7. The largest absolute Gasteiger partial charge is 0.457 e. The van der Waals surface area contributed by atoms with Gasteiger partial charge >= 0.3 is 0 Å². The SMILES string of the molecule is CC1(C)c2ccccc2-c2ccc(N(c3ccc4c(c3)c3ccccc3n4-c3ccccc3)c3ccc4c5c(cccc35)C3(c5ccccc5Oc5ccccc53)c3ccccc3-4)cc21. The predicted molar refractivity (Wildman–Crippen MR) is 268 cm³/mol. The van der Waals surface area contributed by atoms with Gasteiger partial charge in [0.15, 0.2) is 0 Å². The molecule has 0 fully saturated rings. The second-order valence-electron chi connectivity index (χ2n) is 18.4. The third-order valence-electron chi connectivity index (χ3n) is 14.8. The minimum atomic E-state index is -0.612. The van der Waals surface area contributed by atoms with Crippen molar-refractivity contribution in [3.63, 3.8) is 0 Å². The number of para-hydroxylation sites is 4. The fourth-order valence-electron chi connectivity index (χ4n) is 12.1. The summed E-state index contributed by atoms with van der Waals surface area (Å²) in [4.78, 5) is 2.52. The van der Waals surface area contributed by atoms with Crippen molar-refractivity contribution in [2.24, 2.45) is 0 Å². The first-order valence-corrected chi connectivity index (χ1v) is 22.7. The maximum absolute atomic E-state index is 6.74. The monoisotopic (exact) mass is 830 g/mol. The Bertz CT molecular complexity index is 3750. The van der Waals surface area contributed by atoms with Crippen LogP contribution in [0.3, 0.4) is 0 Å². The summed E-state index contributed by atoms with van der Waals surface area (Å²) in [6.07, 6.45) is 0. The maximum Gasteiger partial charge on any atom is 0.132 e. The van der Waals surface area contributed by atoms with Crippen LogP contribution in [0.5, 0.6) is 11.5 Å². The number of nitrogens with zero attached hydrogens (tertiary/aromatic N) is 2. The van der Waals surface area contributed by atoms with Crippen molar-refractivity contribution in [2.45, 2.75) is 24.7 Å². The van der Waals surface area contributed by atoms with Crippen LogP contribution in [0.15, 0.2) is 218 Å². The minimum Gasteiger partial charge on any atom is -0.457 e. The summed E-state index contributed by atoms with van der Waals surface area (Å²) in [5.41, 5.74) is 18.8. The molecule has 11 aromatic rings. The van der Waals surface area contributed by atoms with Gasteiger partial charge in [-0.05, 0) is 117 Å². The Kier molecular flexibility index (Phi) is 7.38. The third kappa shape index (κ3) is 4.79. The molecule has 0 saturated carbocycles. The molecule has 0 N–H and O–H groups in total. The smallest absolute Gasteiger partial charge is 0.132 e. The van der Waals surface area contributed by atoms with Gasteiger partial charge in [0, 0.05) is 49.8 Å². The van der Waals surface area contributed by atoms with E-state index in [-0.39, 0.29) is 5.41 Å². The second kappa shape index (κ2) is 13.2. The van der Waals surface area contributed by atoms with E-state index in [0.29, 0.717) is 0 Å². The second-order valence-corrected chi connectivity index (χ2v) is 18.4. The lowest BCUT2D eigenvalue weighted by Gasteiger charge is -2.45. The van der Waals surface area contributed by atoms with Crippen LogP contribution in [0.2, 0.25) is 0 Å². The highest BCUT2D eigenvalue weighted by Crippen LogP contribution is 2.62. The molecular formula is C62H42N2O. The lowest BCUT2D eigenvalue weighted by molar-refractivity contribution is 0.435. The molecule has 0 atom stereocenters. The fraction of sp³-hybridized carbons (Fsp3) is 0.0645. The van der Waals surface area contributed by atoms with Crippen LogP contribution in [0.4, 0.5) is 17.1 Å². The molecule has 0 saturated heterocycles. The molecule has 0 amide bonds. The van der Waals surface area contributed by atoms with Crippen LogP contribution in [0.1, 0.15) is 47.2 Å². The average Bonchev–Trinajstić information content (AvgIpc) is 3.81. The topological polar surface area (TPSA) is 17.4 Å². The Morgan fingerprint density at radius 3 is 1.72 bits per heavy atom. The van der Waals surface area contributed by atoms with Crippen molar-refractivity contribution < 1.29 is 4.74 Å².